The minimum Gasteiger partial charge on any atom is -0.475 e. The van der Waals surface area contributed by atoms with Crippen molar-refractivity contribution < 1.29 is 23.7 Å². The second kappa shape index (κ2) is 9.77. The number of amides is 2. The molecule has 2 heterocycles. The van der Waals surface area contributed by atoms with Crippen molar-refractivity contribution in [1.29, 1.82) is 0 Å². The van der Waals surface area contributed by atoms with Crippen LogP contribution in [0.15, 0.2) is 52.1 Å². The van der Waals surface area contributed by atoms with Crippen molar-refractivity contribution in [2.24, 2.45) is 5.10 Å². The maximum Gasteiger partial charge on any atom is 0.350 e. The number of nitrogens with zero attached hydrogens (tertiary/aromatic N) is 4. The maximum atomic E-state index is 12.5. The third kappa shape index (κ3) is 5.42. The lowest BCUT2D eigenvalue weighted by atomic mass is 10.1. The van der Waals surface area contributed by atoms with E-state index in [2.05, 4.69) is 20.9 Å². The van der Waals surface area contributed by atoms with Crippen LogP contribution in [-0.4, -0.2) is 39.3 Å². The standard InChI is InChI=1S/C21H22N6O6/c1-12-8-9-18(33-12)20(29)22-16-7-5-6-15(10-16)13(2)23-24-19(28)14(3)26-11-17(27(30)31)21(25-26)32-4/h5-11,14H,1-4H3,(H,22,29)(H,24,28)/t14-/m1/s1. The first-order valence-corrected chi connectivity index (χ1v) is 9.79. The Labute approximate surface area is 188 Å². The van der Waals surface area contributed by atoms with Crippen molar-refractivity contribution in [3.63, 3.8) is 0 Å². The van der Waals surface area contributed by atoms with Gasteiger partial charge in [-0.3, -0.25) is 19.7 Å². The Morgan fingerprint density at radius 1 is 1.30 bits per heavy atom. The van der Waals surface area contributed by atoms with Crippen LogP contribution >= 0.6 is 0 Å². The summed E-state index contributed by atoms with van der Waals surface area (Å²) in [6.07, 6.45) is 1.12. The maximum absolute atomic E-state index is 12.5. The zero-order valence-corrected chi connectivity index (χ0v) is 18.4. The van der Waals surface area contributed by atoms with Gasteiger partial charge in [-0.2, -0.15) is 5.10 Å². The number of hydrazone groups is 1. The van der Waals surface area contributed by atoms with Crippen molar-refractivity contribution >= 4 is 28.9 Å². The SMILES string of the molecule is COc1nn([C@H](C)C(=O)NN=C(C)c2cccc(NC(=O)c3ccc(C)o3)c2)cc1[N+](=O)[O-]. The van der Waals surface area contributed by atoms with Crippen LogP contribution in [0.5, 0.6) is 5.88 Å². The van der Waals surface area contributed by atoms with E-state index in [1.165, 1.54) is 14.0 Å². The van der Waals surface area contributed by atoms with E-state index in [-0.39, 0.29) is 23.2 Å². The highest BCUT2D eigenvalue weighted by molar-refractivity contribution is 6.04. The quantitative estimate of drug-likeness (QED) is 0.301. The number of carbonyl (C=O) groups is 2. The van der Waals surface area contributed by atoms with E-state index in [0.29, 0.717) is 22.7 Å². The first-order chi connectivity index (χ1) is 15.7. The van der Waals surface area contributed by atoms with Gasteiger partial charge in [0.25, 0.3) is 11.8 Å². The van der Waals surface area contributed by atoms with Gasteiger partial charge in [0.1, 0.15) is 18.0 Å². The van der Waals surface area contributed by atoms with E-state index in [1.54, 1.807) is 50.2 Å². The molecule has 0 fully saturated rings. The van der Waals surface area contributed by atoms with E-state index in [9.17, 15) is 19.7 Å². The van der Waals surface area contributed by atoms with Crippen molar-refractivity contribution in [2.75, 3.05) is 12.4 Å². The highest BCUT2D eigenvalue weighted by Gasteiger charge is 2.25. The van der Waals surface area contributed by atoms with E-state index in [4.69, 9.17) is 9.15 Å². The van der Waals surface area contributed by atoms with E-state index < -0.39 is 16.9 Å². The predicted octanol–water partition coefficient (Wildman–Crippen LogP) is 3.06. The monoisotopic (exact) mass is 454 g/mol. The summed E-state index contributed by atoms with van der Waals surface area (Å²) in [5.74, 6) is -0.291. The summed E-state index contributed by atoms with van der Waals surface area (Å²) in [6, 6.07) is 9.31. The normalized spacial score (nSPS) is 12.2. The minimum absolute atomic E-state index is 0.192. The number of methoxy groups -OCH3 is 1. The summed E-state index contributed by atoms with van der Waals surface area (Å²) in [4.78, 5) is 35.2. The van der Waals surface area contributed by atoms with Crippen LogP contribution in [0.25, 0.3) is 0 Å². The van der Waals surface area contributed by atoms with Gasteiger partial charge >= 0.3 is 11.6 Å². The Morgan fingerprint density at radius 2 is 2.06 bits per heavy atom. The molecule has 172 valence electrons. The van der Waals surface area contributed by atoms with Crippen LogP contribution in [0.1, 0.15) is 41.8 Å². The number of hydrogen-bond acceptors (Lipinski definition) is 8. The van der Waals surface area contributed by atoms with Crippen LogP contribution in [0.4, 0.5) is 11.4 Å². The molecule has 2 amide bonds. The minimum atomic E-state index is -0.883. The lowest BCUT2D eigenvalue weighted by Gasteiger charge is -2.10. The third-order valence-electron chi connectivity index (χ3n) is 4.68. The smallest absolute Gasteiger partial charge is 0.350 e. The van der Waals surface area contributed by atoms with E-state index >= 15 is 0 Å². The molecule has 0 bridgehead atoms. The summed E-state index contributed by atoms with van der Waals surface area (Å²) in [5, 5.41) is 21.8. The van der Waals surface area contributed by atoms with Crippen LogP contribution < -0.4 is 15.5 Å². The van der Waals surface area contributed by atoms with Gasteiger partial charge in [-0.1, -0.05) is 12.1 Å². The molecule has 0 saturated heterocycles. The first kappa shape index (κ1) is 23.2. The molecule has 0 saturated carbocycles. The molecule has 3 aromatic rings. The second-order valence-corrected chi connectivity index (χ2v) is 7.06. The summed E-state index contributed by atoms with van der Waals surface area (Å²) < 4.78 is 11.3. The number of rotatable bonds is 8. The van der Waals surface area contributed by atoms with Gasteiger partial charge < -0.3 is 14.5 Å². The molecule has 0 radical (unpaired) electrons. The molecule has 1 atom stereocenters. The lowest BCUT2D eigenvalue weighted by Crippen LogP contribution is -2.28. The van der Waals surface area contributed by atoms with Gasteiger partial charge in [-0.15, -0.1) is 5.10 Å². The van der Waals surface area contributed by atoms with Gasteiger partial charge in [-0.05, 0) is 50.6 Å². The average molecular weight is 454 g/mol. The molecular weight excluding hydrogens is 432 g/mol. The van der Waals surface area contributed by atoms with Crippen molar-refractivity contribution in [3.05, 3.63) is 69.8 Å². The molecule has 0 aliphatic rings. The lowest BCUT2D eigenvalue weighted by molar-refractivity contribution is -0.385. The number of anilines is 1. The van der Waals surface area contributed by atoms with Crippen molar-refractivity contribution in [2.45, 2.75) is 26.8 Å². The fourth-order valence-corrected chi connectivity index (χ4v) is 2.82. The topological polar surface area (TPSA) is 154 Å². The van der Waals surface area contributed by atoms with Crippen LogP contribution in [0.3, 0.4) is 0 Å². The Kier molecular flexibility index (Phi) is 6.86. The highest BCUT2D eigenvalue weighted by atomic mass is 16.6. The molecule has 0 spiro atoms. The molecule has 12 nitrogen and oxygen atoms in total. The van der Waals surface area contributed by atoms with Crippen molar-refractivity contribution in [1.82, 2.24) is 15.2 Å². The number of benzene rings is 1. The first-order valence-electron chi connectivity index (χ1n) is 9.79. The number of carbonyl (C=O) groups excluding carboxylic acids is 2. The highest BCUT2D eigenvalue weighted by Crippen LogP contribution is 2.26. The van der Waals surface area contributed by atoms with Crippen molar-refractivity contribution in [3.8, 4) is 5.88 Å². The number of furan rings is 1. The van der Waals surface area contributed by atoms with E-state index in [1.807, 2.05) is 0 Å². The Morgan fingerprint density at radius 3 is 2.67 bits per heavy atom. The largest absolute Gasteiger partial charge is 0.475 e. The number of hydrogen-bond donors (Lipinski definition) is 2. The molecule has 0 aliphatic heterocycles. The number of aryl methyl sites for hydroxylation is 1. The zero-order chi connectivity index (χ0) is 24.1. The number of aromatic nitrogens is 2. The number of ether oxygens (including phenoxy) is 1. The molecule has 12 heteroatoms. The second-order valence-electron chi connectivity index (χ2n) is 7.06. The van der Waals surface area contributed by atoms with Crippen LogP contribution in [0, 0.1) is 17.0 Å². The third-order valence-corrected chi connectivity index (χ3v) is 4.68. The summed E-state index contributed by atoms with van der Waals surface area (Å²) in [7, 11) is 1.25. The molecule has 33 heavy (non-hydrogen) atoms. The number of nitrogens with one attached hydrogen (secondary N) is 2. The Hall–Kier alpha value is -4.48. The van der Waals surface area contributed by atoms with Gasteiger partial charge in [0.2, 0.25) is 0 Å². The fraction of sp³-hybridized carbons (Fsp3) is 0.238. The fourth-order valence-electron chi connectivity index (χ4n) is 2.82. The molecule has 3 rings (SSSR count). The molecular formula is C21H22N6O6. The van der Waals surface area contributed by atoms with E-state index in [0.717, 1.165) is 10.9 Å². The molecule has 1 aromatic carbocycles. The van der Waals surface area contributed by atoms with Crippen LogP contribution in [0.2, 0.25) is 0 Å². The Balaban J connectivity index is 1.68. The number of nitro groups is 1. The summed E-state index contributed by atoms with van der Waals surface area (Å²) >= 11 is 0. The molecule has 2 aromatic heterocycles. The summed E-state index contributed by atoms with van der Waals surface area (Å²) in [6.45, 7) is 4.95. The van der Waals surface area contributed by atoms with Gasteiger partial charge in [0.05, 0.1) is 17.7 Å². The predicted molar refractivity (Wildman–Crippen MR) is 118 cm³/mol. The van der Waals surface area contributed by atoms with Gasteiger partial charge in [0.15, 0.2) is 5.76 Å². The summed E-state index contributed by atoms with van der Waals surface area (Å²) in [5.41, 5.74) is 3.73. The molecule has 0 unspecified atom stereocenters. The Bertz CT molecular complexity index is 1230. The van der Waals surface area contributed by atoms with Crippen LogP contribution in [-0.2, 0) is 4.79 Å². The average Bonchev–Trinajstić information content (AvgIpc) is 3.43. The van der Waals surface area contributed by atoms with Gasteiger partial charge in [-0.25, -0.2) is 10.1 Å². The molecule has 0 aliphatic carbocycles. The zero-order valence-electron chi connectivity index (χ0n) is 18.4. The molecule has 2 N–H and O–H groups in total. The van der Waals surface area contributed by atoms with Gasteiger partial charge in [0, 0.05) is 5.69 Å².